The van der Waals surface area contributed by atoms with Crippen LogP contribution in [0.1, 0.15) is 17.2 Å². The summed E-state index contributed by atoms with van der Waals surface area (Å²) in [5.74, 6) is -2.12. The van der Waals surface area contributed by atoms with Crippen molar-refractivity contribution in [2.75, 3.05) is 4.90 Å². The van der Waals surface area contributed by atoms with E-state index in [0.29, 0.717) is 10.7 Å². The van der Waals surface area contributed by atoms with E-state index in [4.69, 9.17) is 16.3 Å². The molecule has 0 radical (unpaired) electrons. The highest BCUT2D eigenvalue weighted by Crippen LogP contribution is 2.48. The molecule has 2 atom stereocenters. The van der Waals surface area contributed by atoms with Gasteiger partial charge < -0.3 is 9.64 Å². The molecule has 1 aliphatic rings. The second-order valence-electron chi connectivity index (χ2n) is 6.92. The molecule has 1 aliphatic heterocycles. The Morgan fingerprint density at radius 2 is 1.50 bits per heavy atom. The first kappa shape index (κ1) is 20.1. The number of ether oxygens (including phenoxy) is 1. The highest BCUT2D eigenvalue weighted by molar-refractivity contribution is 6.30. The Balaban J connectivity index is 1.67. The van der Waals surface area contributed by atoms with Crippen LogP contribution in [-0.2, 0) is 16.1 Å². The van der Waals surface area contributed by atoms with Crippen LogP contribution in [0, 0.1) is 5.92 Å². The molecule has 152 valence electrons. The van der Waals surface area contributed by atoms with Crippen molar-refractivity contribution < 1.29 is 18.3 Å². The summed E-state index contributed by atoms with van der Waals surface area (Å²) in [5.41, 5.74) is 2.09. The number of β-lactam (4-membered cyclic amide) rings is 1. The van der Waals surface area contributed by atoms with Gasteiger partial charge in [-0.2, -0.15) is 8.78 Å². The number of rotatable bonds is 6. The average Bonchev–Trinajstić information content (AvgIpc) is 2.77. The third-order valence-electron chi connectivity index (χ3n) is 5.05. The summed E-state index contributed by atoms with van der Waals surface area (Å²) >= 11 is 5.96. The van der Waals surface area contributed by atoms with Crippen molar-refractivity contribution in [2.24, 2.45) is 5.92 Å². The second-order valence-corrected chi connectivity index (χ2v) is 7.35. The largest absolute Gasteiger partial charge is 0.487 e. The molecule has 0 spiro atoms. The van der Waals surface area contributed by atoms with Gasteiger partial charge in [0.1, 0.15) is 12.5 Å². The predicted octanol–water partition coefficient (Wildman–Crippen LogP) is 6.37. The summed E-state index contributed by atoms with van der Waals surface area (Å²) in [6.45, 7) is -0.0419. The molecular formula is C24H18ClF2NO2. The van der Waals surface area contributed by atoms with Gasteiger partial charge in [-0.25, -0.2) is 0 Å². The normalized spacial score (nSPS) is 18.0. The van der Waals surface area contributed by atoms with Crippen LogP contribution in [-0.4, -0.2) is 5.91 Å². The van der Waals surface area contributed by atoms with E-state index in [2.05, 4.69) is 0 Å². The maximum Gasteiger partial charge on any atom is 0.308 e. The zero-order valence-corrected chi connectivity index (χ0v) is 16.6. The zero-order valence-electron chi connectivity index (χ0n) is 15.8. The number of halogens is 3. The van der Waals surface area contributed by atoms with Crippen LogP contribution >= 0.6 is 11.6 Å². The highest BCUT2D eigenvalue weighted by atomic mass is 35.5. The molecule has 1 saturated heterocycles. The van der Waals surface area contributed by atoms with Crippen LogP contribution in [0.15, 0.2) is 96.8 Å². The summed E-state index contributed by atoms with van der Waals surface area (Å²) in [6, 6.07) is 24.2. The van der Waals surface area contributed by atoms with Crippen LogP contribution in [0.25, 0.3) is 0 Å². The minimum atomic E-state index is -1.99. The summed E-state index contributed by atoms with van der Waals surface area (Å²) < 4.78 is 33.2. The molecule has 4 rings (SSSR count). The molecule has 0 saturated carbocycles. The quantitative estimate of drug-likeness (QED) is 0.339. The Morgan fingerprint density at radius 1 is 0.900 bits per heavy atom. The van der Waals surface area contributed by atoms with E-state index in [1.807, 2.05) is 36.4 Å². The molecule has 1 fully saturated rings. The lowest BCUT2D eigenvalue weighted by Crippen LogP contribution is -2.56. The standard InChI is InChI=1S/C24H18ClF2NO2/c25-18-11-13-19(14-12-18)28-21(17-9-5-2-6-10-17)20(24(28)29)22(23(26)27)30-15-16-7-3-1-4-8-16/h1-14,20-21H,15H2/t20-,21+/m0/s1. The van der Waals surface area contributed by atoms with Crippen molar-refractivity contribution in [3.8, 4) is 0 Å². The fourth-order valence-corrected chi connectivity index (χ4v) is 3.75. The Morgan fingerprint density at radius 3 is 2.10 bits per heavy atom. The van der Waals surface area contributed by atoms with Crippen LogP contribution in [0.2, 0.25) is 5.02 Å². The second kappa shape index (κ2) is 8.67. The van der Waals surface area contributed by atoms with Gasteiger partial charge in [-0.15, -0.1) is 0 Å². The molecule has 3 nitrogen and oxygen atoms in total. The Hall–Kier alpha value is -3.18. The van der Waals surface area contributed by atoms with Gasteiger partial charge in [0.05, 0.1) is 6.04 Å². The molecule has 1 amide bonds. The molecule has 0 N–H and O–H groups in total. The average molecular weight is 426 g/mol. The van der Waals surface area contributed by atoms with Crippen LogP contribution < -0.4 is 4.90 Å². The van der Waals surface area contributed by atoms with Gasteiger partial charge in [-0.1, -0.05) is 72.3 Å². The minimum Gasteiger partial charge on any atom is -0.487 e. The fraction of sp³-hybridized carbons (Fsp3) is 0.125. The van der Waals surface area contributed by atoms with E-state index in [9.17, 15) is 13.6 Å². The lowest BCUT2D eigenvalue weighted by Gasteiger charge is -2.47. The number of amides is 1. The van der Waals surface area contributed by atoms with Crippen LogP contribution in [0.5, 0.6) is 0 Å². The molecule has 0 unspecified atom stereocenters. The third kappa shape index (κ3) is 3.94. The van der Waals surface area contributed by atoms with Crippen LogP contribution in [0.4, 0.5) is 14.5 Å². The number of hydrogen-bond donors (Lipinski definition) is 0. The molecular weight excluding hydrogens is 408 g/mol. The summed E-state index contributed by atoms with van der Waals surface area (Å²) in [6.07, 6.45) is -1.99. The lowest BCUT2D eigenvalue weighted by molar-refractivity contribution is -0.131. The van der Waals surface area contributed by atoms with E-state index in [1.54, 1.807) is 48.5 Å². The first-order valence-corrected chi connectivity index (χ1v) is 9.79. The van der Waals surface area contributed by atoms with Gasteiger partial charge in [-0.3, -0.25) is 4.79 Å². The molecule has 3 aromatic rings. The van der Waals surface area contributed by atoms with Crippen molar-refractivity contribution in [2.45, 2.75) is 12.6 Å². The smallest absolute Gasteiger partial charge is 0.308 e. The fourth-order valence-electron chi connectivity index (χ4n) is 3.62. The molecule has 6 heteroatoms. The number of hydrogen-bond acceptors (Lipinski definition) is 2. The molecule has 0 bridgehead atoms. The maximum atomic E-state index is 13.9. The van der Waals surface area contributed by atoms with Gasteiger partial charge in [0, 0.05) is 10.7 Å². The number of nitrogens with zero attached hydrogens (tertiary/aromatic N) is 1. The molecule has 1 heterocycles. The Labute approximate surface area is 178 Å². The summed E-state index contributed by atoms with van der Waals surface area (Å²) in [7, 11) is 0. The molecule has 3 aromatic carbocycles. The summed E-state index contributed by atoms with van der Waals surface area (Å²) in [4.78, 5) is 14.5. The van der Waals surface area contributed by atoms with Gasteiger partial charge in [0.15, 0.2) is 5.76 Å². The zero-order chi connectivity index (χ0) is 21.1. The predicted molar refractivity (Wildman–Crippen MR) is 112 cm³/mol. The summed E-state index contributed by atoms with van der Waals surface area (Å²) in [5, 5.41) is 0.529. The Kier molecular flexibility index (Phi) is 5.81. The monoisotopic (exact) mass is 425 g/mol. The van der Waals surface area contributed by atoms with E-state index < -0.39 is 29.7 Å². The highest BCUT2D eigenvalue weighted by Gasteiger charge is 2.53. The van der Waals surface area contributed by atoms with Crippen molar-refractivity contribution in [1.82, 2.24) is 0 Å². The lowest BCUT2D eigenvalue weighted by atomic mass is 9.80. The third-order valence-corrected chi connectivity index (χ3v) is 5.30. The van der Waals surface area contributed by atoms with E-state index >= 15 is 0 Å². The van der Waals surface area contributed by atoms with Crippen molar-refractivity contribution in [1.29, 1.82) is 0 Å². The topological polar surface area (TPSA) is 29.5 Å². The number of anilines is 1. The molecule has 30 heavy (non-hydrogen) atoms. The van der Waals surface area contributed by atoms with Gasteiger partial charge >= 0.3 is 6.08 Å². The minimum absolute atomic E-state index is 0.0419. The van der Waals surface area contributed by atoms with Crippen molar-refractivity contribution in [3.05, 3.63) is 113 Å². The molecule has 0 aromatic heterocycles. The van der Waals surface area contributed by atoms with E-state index in [0.717, 1.165) is 11.1 Å². The van der Waals surface area contributed by atoms with Crippen molar-refractivity contribution in [3.63, 3.8) is 0 Å². The van der Waals surface area contributed by atoms with E-state index in [-0.39, 0.29) is 6.61 Å². The van der Waals surface area contributed by atoms with Crippen molar-refractivity contribution >= 4 is 23.2 Å². The van der Waals surface area contributed by atoms with Crippen LogP contribution in [0.3, 0.4) is 0 Å². The number of carbonyl (C=O) groups is 1. The van der Waals surface area contributed by atoms with Gasteiger partial charge in [0.25, 0.3) is 0 Å². The maximum absolute atomic E-state index is 13.9. The van der Waals surface area contributed by atoms with Gasteiger partial charge in [-0.05, 0) is 35.4 Å². The Bertz CT molecular complexity index is 1050. The number of carbonyl (C=O) groups excluding carboxylic acids is 1. The molecule has 0 aliphatic carbocycles. The van der Waals surface area contributed by atoms with E-state index in [1.165, 1.54) is 4.90 Å². The SMILES string of the molecule is O=C1[C@H](C(OCc2ccccc2)=C(F)F)[C@@H](c2ccccc2)N1c1ccc(Cl)cc1. The first-order valence-electron chi connectivity index (χ1n) is 9.41. The number of benzene rings is 3. The van der Waals surface area contributed by atoms with Gasteiger partial charge in [0.2, 0.25) is 5.91 Å². The first-order chi connectivity index (χ1) is 14.6.